The van der Waals surface area contributed by atoms with E-state index in [-0.39, 0.29) is 35.3 Å². The van der Waals surface area contributed by atoms with Crippen LogP contribution in [0.4, 0.5) is 0 Å². The molecule has 1 atom stereocenters. The van der Waals surface area contributed by atoms with E-state index in [1.807, 2.05) is 0 Å². The molecule has 0 spiro atoms. The van der Waals surface area contributed by atoms with Crippen LogP contribution in [0.25, 0.3) is 0 Å². The van der Waals surface area contributed by atoms with Gasteiger partial charge in [0.15, 0.2) is 6.29 Å². The van der Waals surface area contributed by atoms with Crippen LogP contribution < -0.4 is 29.6 Å². The second-order valence-electron chi connectivity index (χ2n) is 1.64. The molecule has 6 heteroatoms. The third kappa shape index (κ3) is 4.02. The summed E-state index contributed by atoms with van der Waals surface area (Å²) >= 11 is -2.06. The average Bonchev–Trinajstić information content (AvgIpc) is 2.15. The summed E-state index contributed by atoms with van der Waals surface area (Å²) in [5, 5.41) is 0. The monoisotopic (exact) mass is 174 g/mol. The SMILES string of the molecule is O=S([O-])CC1OCCO1.[Na+]. The summed E-state index contributed by atoms with van der Waals surface area (Å²) in [5.41, 5.74) is 0. The fraction of sp³-hybridized carbons (Fsp3) is 1.00. The van der Waals surface area contributed by atoms with E-state index < -0.39 is 17.4 Å². The van der Waals surface area contributed by atoms with E-state index in [0.717, 1.165) is 0 Å². The van der Waals surface area contributed by atoms with Crippen LogP contribution in [0.1, 0.15) is 0 Å². The van der Waals surface area contributed by atoms with Crippen LogP contribution in [-0.4, -0.2) is 34.0 Å². The van der Waals surface area contributed by atoms with E-state index in [1.165, 1.54) is 0 Å². The molecule has 1 aliphatic rings. The van der Waals surface area contributed by atoms with Gasteiger partial charge in [-0.2, -0.15) is 0 Å². The fourth-order valence-corrected chi connectivity index (χ4v) is 1.03. The van der Waals surface area contributed by atoms with Gasteiger partial charge in [0.2, 0.25) is 0 Å². The first kappa shape index (κ1) is 11.0. The molecule has 1 rings (SSSR count). The zero-order chi connectivity index (χ0) is 6.69. The van der Waals surface area contributed by atoms with Crippen molar-refractivity contribution >= 4 is 11.1 Å². The molecule has 0 radical (unpaired) electrons. The number of rotatable bonds is 2. The van der Waals surface area contributed by atoms with E-state index in [0.29, 0.717) is 13.2 Å². The van der Waals surface area contributed by atoms with Crippen molar-refractivity contribution in [2.24, 2.45) is 0 Å². The van der Waals surface area contributed by atoms with Crippen LogP contribution in [0.3, 0.4) is 0 Å². The van der Waals surface area contributed by atoms with Crippen LogP contribution in [0.5, 0.6) is 0 Å². The molecular formula is C4H7NaO4S. The maximum Gasteiger partial charge on any atom is 1.00 e. The van der Waals surface area contributed by atoms with E-state index >= 15 is 0 Å². The third-order valence-electron chi connectivity index (χ3n) is 0.963. The van der Waals surface area contributed by atoms with E-state index in [2.05, 4.69) is 0 Å². The molecule has 0 amide bonds. The van der Waals surface area contributed by atoms with Gasteiger partial charge in [0, 0.05) is 0 Å². The Morgan fingerprint density at radius 1 is 1.50 bits per heavy atom. The second-order valence-corrected chi connectivity index (χ2v) is 2.58. The minimum atomic E-state index is -2.06. The standard InChI is InChI=1S/C4H8O4S.Na/c5-9(6)3-4-7-1-2-8-4;/h4H,1-3H2,(H,5,6);/q;+1/p-1. The number of hydrogen-bond acceptors (Lipinski definition) is 4. The van der Waals surface area contributed by atoms with Crippen LogP contribution in [0, 0.1) is 0 Å². The Labute approximate surface area is 83.8 Å². The molecule has 1 unspecified atom stereocenters. The van der Waals surface area contributed by atoms with Crippen molar-refractivity contribution in [2.45, 2.75) is 6.29 Å². The van der Waals surface area contributed by atoms with Crippen molar-refractivity contribution in [3.63, 3.8) is 0 Å². The molecule has 0 aromatic rings. The average molecular weight is 174 g/mol. The third-order valence-corrected chi connectivity index (χ3v) is 1.51. The van der Waals surface area contributed by atoms with Gasteiger partial charge in [-0.15, -0.1) is 0 Å². The first-order valence-corrected chi connectivity index (χ1v) is 3.82. The largest absolute Gasteiger partial charge is 1.00 e. The molecule has 0 N–H and O–H groups in total. The summed E-state index contributed by atoms with van der Waals surface area (Å²) in [7, 11) is 0. The van der Waals surface area contributed by atoms with Gasteiger partial charge in [-0.25, -0.2) is 0 Å². The molecule has 0 aromatic heterocycles. The van der Waals surface area contributed by atoms with Crippen molar-refractivity contribution in [3.8, 4) is 0 Å². The fourth-order valence-electron chi connectivity index (χ4n) is 0.615. The maximum absolute atomic E-state index is 10.00. The van der Waals surface area contributed by atoms with Gasteiger partial charge in [-0.1, -0.05) is 11.1 Å². The smallest absolute Gasteiger partial charge is 0.772 e. The molecule has 1 fully saturated rings. The van der Waals surface area contributed by atoms with Crippen LogP contribution in [0.15, 0.2) is 0 Å². The Morgan fingerprint density at radius 3 is 2.40 bits per heavy atom. The summed E-state index contributed by atoms with van der Waals surface area (Å²) < 4.78 is 29.7. The molecule has 4 nitrogen and oxygen atoms in total. The minimum absolute atomic E-state index is 0. The summed E-state index contributed by atoms with van der Waals surface area (Å²) in [6.45, 7) is 1.00. The molecule has 0 aromatic carbocycles. The number of hydrogen-bond donors (Lipinski definition) is 0. The Hall–Kier alpha value is 1.03. The van der Waals surface area contributed by atoms with Gasteiger partial charge in [0.1, 0.15) is 0 Å². The minimum Gasteiger partial charge on any atom is -0.772 e. The Balaban J connectivity index is 0.000000810. The zero-order valence-corrected chi connectivity index (χ0v) is 8.56. The first-order chi connectivity index (χ1) is 4.29. The van der Waals surface area contributed by atoms with E-state index in [9.17, 15) is 8.76 Å². The van der Waals surface area contributed by atoms with Crippen LogP contribution in [-0.2, 0) is 20.6 Å². The van der Waals surface area contributed by atoms with Gasteiger partial charge < -0.3 is 14.0 Å². The molecule has 0 aliphatic carbocycles. The summed E-state index contributed by atoms with van der Waals surface area (Å²) in [5.74, 6) is -0.0556. The predicted octanol–water partition coefficient (Wildman–Crippen LogP) is -3.76. The van der Waals surface area contributed by atoms with E-state index in [4.69, 9.17) is 9.47 Å². The Morgan fingerprint density at radius 2 is 2.00 bits per heavy atom. The second kappa shape index (κ2) is 5.65. The predicted molar refractivity (Wildman–Crippen MR) is 29.5 cm³/mol. The summed E-state index contributed by atoms with van der Waals surface area (Å²) in [4.78, 5) is 0. The molecule has 10 heavy (non-hydrogen) atoms. The van der Waals surface area contributed by atoms with Gasteiger partial charge >= 0.3 is 29.6 Å². The Bertz CT molecular complexity index is 114. The van der Waals surface area contributed by atoms with Gasteiger partial charge in [-0.05, 0) is 0 Å². The normalized spacial score (nSPS) is 22.1. The van der Waals surface area contributed by atoms with Crippen molar-refractivity contribution in [2.75, 3.05) is 19.0 Å². The van der Waals surface area contributed by atoms with Crippen molar-refractivity contribution in [1.29, 1.82) is 0 Å². The maximum atomic E-state index is 10.00. The topological polar surface area (TPSA) is 58.6 Å². The molecule has 54 valence electrons. The quantitative estimate of drug-likeness (QED) is 0.319. The van der Waals surface area contributed by atoms with Crippen molar-refractivity contribution < 1.29 is 47.8 Å². The van der Waals surface area contributed by atoms with Crippen LogP contribution in [0.2, 0.25) is 0 Å². The molecular weight excluding hydrogens is 167 g/mol. The van der Waals surface area contributed by atoms with Gasteiger partial charge in [0.05, 0.1) is 19.0 Å². The molecule has 0 bridgehead atoms. The molecule has 1 aliphatic heterocycles. The van der Waals surface area contributed by atoms with Crippen molar-refractivity contribution in [1.82, 2.24) is 0 Å². The van der Waals surface area contributed by atoms with Gasteiger partial charge in [-0.3, -0.25) is 4.21 Å². The van der Waals surface area contributed by atoms with E-state index in [1.54, 1.807) is 0 Å². The van der Waals surface area contributed by atoms with Crippen LogP contribution >= 0.6 is 0 Å². The first-order valence-electron chi connectivity index (χ1n) is 2.58. The molecule has 1 saturated heterocycles. The summed E-state index contributed by atoms with van der Waals surface area (Å²) in [6, 6.07) is 0. The van der Waals surface area contributed by atoms with Crippen molar-refractivity contribution in [3.05, 3.63) is 0 Å². The number of ether oxygens (including phenoxy) is 2. The zero-order valence-electron chi connectivity index (χ0n) is 5.74. The summed E-state index contributed by atoms with van der Waals surface area (Å²) in [6.07, 6.45) is -0.525. The molecule has 0 saturated carbocycles. The molecule has 1 heterocycles. The Kier molecular flexibility index (Phi) is 6.23. The van der Waals surface area contributed by atoms with Gasteiger partial charge in [0.25, 0.3) is 0 Å².